The van der Waals surface area contributed by atoms with Crippen molar-refractivity contribution in [1.29, 1.82) is 0 Å². The molecule has 2 aromatic rings. The van der Waals surface area contributed by atoms with Crippen LogP contribution in [0.5, 0.6) is 0 Å². The number of nitrogens with zero attached hydrogens (tertiary/aromatic N) is 1. The van der Waals surface area contributed by atoms with Crippen LogP contribution in [0.1, 0.15) is 29.5 Å². The van der Waals surface area contributed by atoms with Crippen molar-refractivity contribution >= 4 is 11.4 Å². The smallest absolute Gasteiger partial charge is 0.269 e. The molecule has 0 bridgehead atoms. The molecule has 0 saturated heterocycles. The Labute approximate surface area is 132 Å². The van der Waals surface area contributed by atoms with Crippen LogP contribution >= 0.6 is 0 Å². The minimum absolute atomic E-state index is 0.0794. The molecule has 0 unspecified atom stereocenters. The van der Waals surface area contributed by atoms with Gasteiger partial charge in [-0.15, -0.1) is 0 Å². The number of anilines is 1. The van der Waals surface area contributed by atoms with Gasteiger partial charge in [-0.3, -0.25) is 10.1 Å². The predicted molar refractivity (Wildman–Crippen MR) is 85.8 cm³/mol. The summed E-state index contributed by atoms with van der Waals surface area (Å²) in [5, 5.41) is 14.4. The number of fused-ring (bicyclic) bond motifs is 3. The summed E-state index contributed by atoms with van der Waals surface area (Å²) in [5.74, 6) is 0.0261. The first-order valence-electron chi connectivity index (χ1n) is 7.61. The topological polar surface area (TPSA) is 55.2 Å². The van der Waals surface area contributed by atoms with Crippen molar-refractivity contribution in [3.63, 3.8) is 0 Å². The van der Waals surface area contributed by atoms with Gasteiger partial charge in [-0.05, 0) is 30.0 Å². The van der Waals surface area contributed by atoms with E-state index >= 15 is 0 Å². The lowest BCUT2D eigenvalue weighted by Crippen LogP contribution is -2.29. The summed E-state index contributed by atoms with van der Waals surface area (Å²) in [6, 6.07) is 11.5. The van der Waals surface area contributed by atoms with Crippen LogP contribution in [0.25, 0.3) is 0 Å². The molecule has 23 heavy (non-hydrogen) atoms. The number of nitro groups is 1. The van der Waals surface area contributed by atoms with Crippen LogP contribution in [-0.2, 0) is 0 Å². The Morgan fingerprint density at radius 1 is 1.17 bits per heavy atom. The Balaban J connectivity index is 1.81. The SMILES string of the molecule is O=[N+]([O-])c1ccc2c(c1)[C@H]1C=CC[C@H]1[C@H](c1ccccc1F)N2. The highest BCUT2D eigenvalue weighted by Crippen LogP contribution is 2.50. The fourth-order valence-corrected chi connectivity index (χ4v) is 3.73. The quantitative estimate of drug-likeness (QED) is 0.502. The molecule has 0 aromatic heterocycles. The van der Waals surface area contributed by atoms with E-state index in [2.05, 4.69) is 17.5 Å². The maximum absolute atomic E-state index is 14.2. The monoisotopic (exact) mass is 310 g/mol. The van der Waals surface area contributed by atoms with Crippen LogP contribution < -0.4 is 5.32 Å². The number of non-ortho nitro benzene ring substituents is 1. The summed E-state index contributed by atoms with van der Waals surface area (Å²) in [5.41, 5.74) is 2.51. The van der Waals surface area contributed by atoms with Gasteiger partial charge in [0.2, 0.25) is 0 Å². The standard InChI is InChI=1S/C18H15FN2O2/c19-16-7-2-1-4-14(16)18-13-6-3-5-12(13)15-10-11(21(22)23)8-9-17(15)20-18/h1-5,7-10,12-13,18,20H,6H2/t12-,13+,18+/m0/s1. The van der Waals surface area contributed by atoms with Gasteiger partial charge in [0.25, 0.3) is 5.69 Å². The molecule has 1 N–H and O–H groups in total. The van der Waals surface area contributed by atoms with Gasteiger partial charge in [0.15, 0.2) is 0 Å². The molecular formula is C18H15FN2O2. The molecule has 1 heterocycles. The lowest BCUT2D eigenvalue weighted by molar-refractivity contribution is -0.384. The Kier molecular flexibility index (Phi) is 3.15. The van der Waals surface area contributed by atoms with E-state index in [9.17, 15) is 14.5 Å². The van der Waals surface area contributed by atoms with Crippen molar-refractivity contribution in [1.82, 2.24) is 0 Å². The van der Waals surface area contributed by atoms with Crippen LogP contribution in [0.2, 0.25) is 0 Å². The number of hydrogen-bond donors (Lipinski definition) is 1. The molecule has 0 amide bonds. The van der Waals surface area contributed by atoms with Crippen LogP contribution in [0.15, 0.2) is 54.6 Å². The molecule has 1 aliphatic carbocycles. The van der Waals surface area contributed by atoms with Crippen LogP contribution in [0.4, 0.5) is 15.8 Å². The van der Waals surface area contributed by atoms with Gasteiger partial charge in [-0.2, -0.15) is 0 Å². The molecular weight excluding hydrogens is 295 g/mol. The molecule has 0 fully saturated rings. The van der Waals surface area contributed by atoms with E-state index in [0.717, 1.165) is 17.7 Å². The summed E-state index contributed by atoms with van der Waals surface area (Å²) in [6.07, 6.45) is 5.00. The number of halogens is 1. The zero-order chi connectivity index (χ0) is 16.0. The third-order valence-electron chi connectivity index (χ3n) is 4.80. The highest BCUT2D eigenvalue weighted by molar-refractivity contribution is 5.62. The first kappa shape index (κ1) is 13.9. The van der Waals surface area contributed by atoms with Gasteiger partial charge in [0.1, 0.15) is 5.82 Å². The zero-order valence-electron chi connectivity index (χ0n) is 12.3. The zero-order valence-corrected chi connectivity index (χ0v) is 12.3. The lowest BCUT2D eigenvalue weighted by Gasteiger charge is -2.37. The number of allylic oxidation sites excluding steroid dienone is 2. The molecule has 5 heteroatoms. The van der Waals surface area contributed by atoms with Crippen molar-refractivity contribution in [2.75, 3.05) is 5.32 Å². The van der Waals surface area contributed by atoms with Gasteiger partial charge in [-0.1, -0.05) is 30.4 Å². The molecule has 2 aliphatic rings. The van der Waals surface area contributed by atoms with Crippen molar-refractivity contribution < 1.29 is 9.31 Å². The summed E-state index contributed by atoms with van der Waals surface area (Å²) < 4.78 is 14.2. The molecule has 4 rings (SSSR count). The van der Waals surface area contributed by atoms with E-state index in [1.165, 1.54) is 12.1 Å². The summed E-state index contributed by atoms with van der Waals surface area (Å²) in [4.78, 5) is 10.6. The molecule has 4 nitrogen and oxygen atoms in total. The van der Waals surface area contributed by atoms with Crippen LogP contribution in [-0.4, -0.2) is 4.92 Å². The van der Waals surface area contributed by atoms with Gasteiger partial charge >= 0.3 is 0 Å². The Morgan fingerprint density at radius 2 is 2.00 bits per heavy atom. The minimum atomic E-state index is -0.378. The molecule has 1 aliphatic heterocycles. The normalized spacial score (nSPS) is 24.7. The maximum Gasteiger partial charge on any atom is 0.269 e. The van der Waals surface area contributed by atoms with E-state index in [-0.39, 0.29) is 34.3 Å². The Hall–Kier alpha value is -2.69. The maximum atomic E-state index is 14.2. The van der Waals surface area contributed by atoms with Crippen molar-refractivity contribution in [2.24, 2.45) is 5.92 Å². The summed E-state index contributed by atoms with van der Waals surface area (Å²) in [7, 11) is 0. The van der Waals surface area contributed by atoms with E-state index in [1.807, 2.05) is 6.07 Å². The third-order valence-corrected chi connectivity index (χ3v) is 4.80. The van der Waals surface area contributed by atoms with Crippen molar-refractivity contribution in [3.8, 4) is 0 Å². The molecule has 2 aromatic carbocycles. The van der Waals surface area contributed by atoms with Gasteiger partial charge < -0.3 is 5.32 Å². The minimum Gasteiger partial charge on any atom is -0.378 e. The first-order chi connectivity index (χ1) is 11.1. The van der Waals surface area contributed by atoms with Crippen LogP contribution in [0, 0.1) is 21.8 Å². The molecule has 116 valence electrons. The number of benzene rings is 2. The number of hydrogen-bond acceptors (Lipinski definition) is 3. The van der Waals surface area contributed by atoms with Crippen molar-refractivity contribution in [3.05, 3.63) is 81.7 Å². The van der Waals surface area contributed by atoms with E-state index in [1.54, 1.807) is 24.3 Å². The summed E-state index contributed by atoms with van der Waals surface area (Å²) >= 11 is 0. The van der Waals surface area contributed by atoms with Crippen LogP contribution in [0.3, 0.4) is 0 Å². The number of nitro benzene ring substituents is 1. The van der Waals surface area contributed by atoms with Gasteiger partial charge in [0, 0.05) is 29.3 Å². The highest BCUT2D eigenvalue weighted by atomic mass is 19.1. The molecule has 3 atom stereocenters. The first-order valence-corrected chi connectivity index (χ1v) is 7.61. The second-order valence-corrected chi connectivity index (χ2v) is 6.03. The predicted octanol–water partition coefficient (Wildman–Crippen LogP) is 4.56. The number of nitrogens with one attached hydrogen (secondary N) is 1. The lowest BCUT2D eigenvalue weighted by atomic mass is 9.77. The van der Waals surface area contributed by atoms with Gasteiger partial charge in [0.05, 0.1) is 11.0 Å². The van der Waals surface area contributed by atoms with Crippen molar-refractivity contribution in [2.45, 2.75) is 18.4 Å². The Morgan fingerprint density at radius 3 is 2.78 bits per heavy atom. The highest BCUT2D eigenvalue weighted by Gasteiger charge is 2.39. The fourth-order valence-electron chi connectivity index (χ4n) is 3.73. The molecule has 0 saturated carbocycles. The molecule has 0 radical (unpaired) electrons. The number of rotatable bonds is 2. The summed E-state index contributed by atoms with van der Waals surface area (Å²) in [6.45, 7) is 0. The van der Waals surface area contributed by atoms with E-state index < -0.39 is 0 Å². The second-order valence-electron chi connectivity index (χ2n) is 6.03. The second kappa shape index (κ2) is 5.19. The third kappa shape index (κ3) is 2.20. The van der Waals surface area contributed by atoms with E-state index in [4.69, 9.17) is 0 Å². The van der Waals surface area contributed by atoms with Gasteiger partial charge in [-0.25, -0.2) is 4.39 Å². The molecule has 0 spiro atoms. The Bertz CT molecular complexity index is 818. The fraction of sp³-hybridized carbons (Fsp3) is 0.222. The average molecular weight is 310 g/mol. The average Bonchev–Trinajstić information content (AvgIpc) is 3.04. The largest absolute Gasteiger partial charge is 0.378 e. The van der Waals surface area contributed by atoms with E-state index in [0.29, 0.717) is 5.56 Å².